The number of rotatable bonds is 8. The first-order valence-corrected chi connectivity index (χ1v) is 23.4. The van der Waals surface area contributed by atoms with Crippen LogP contribution in [0.4, 0.5) is 34.1 Å². The molecule has 13 rings (SSSR count). The van der Waals surface area contributed by atoms with Crippen LogP contribution >= 0.6 is 0 Å². The first kappa shape index (κ1) is 39.5. The van der Waals surface area contributed by atoms with Crippen molar-refractivity contribution >= 4 is 110 Å². The van der Waals surface area contributed by atoms with Crippen molar-refractivity contribution in [2.45, 2.75) is 39.5 Å². The lowest BCUT2D eigenvalue weighted by Crippen LogP contribution is -2.10. The number of fused-ring (bicyclic) bond motifs is 12. The van der Waals surface area contributed by atoms with Gasteiger partial charge in [-0.25, -0.2) is 0 Å². The molecule has 0 unspecified atom stereocenters. The largest absolute Gasteiger partial charge is 0.310 e. The zero-order valence-electron chi connectivity index (χ0n) is 38.2. The van der Waals surface area contributed by atoms with E-state index in [0.29, 0.717) is 23.0 Å². The Bertz CT molecular complexity index is 3920. The molecule has 0 N–H and O–H groups in total. The number of aromatic nitrogens is 2. The van der Waals surface area contributed by atoms with Crippen LogP contribution in [0, 0.1) is 22.7 Å². The van der Waals surface area contributed by atoms with E-state index < -0.39 is 0 Å². The maximum Gasteiger partial charge on any atom is 0.0991 e. The molecule has 0 spiro atoms. The Balaban J connectivity index is 1.09. The Kier molecular flexibility index (Phi) is 8.62. The summed E-state index contributed by atoms with van der Waals surface area (Å²) >= 11 is 0. The predicted molar refractivity (Wildman–Crippen MR) is 283 cm³/mol. The zero-order valence-corrected chi connectivity index (χ0v) is 38.2. The lowest BCUT2D eigenvalue weighted by molar-refractivity contribution is 0.866. The van der Waals surface area contributed by atoms with Gasteiger partial charge in [-0.2, -0.15) is 10.5 Å². The fourth-order valence-corrected chi connectivity index (χ4v) is 11.1. The minimum absolute atomic E-state index is 0.413. The Morgan fingerprint density at radius 3 is 1.07 bits per heavy atom. The second kappa shape index (κ2) is 14.8. The molecule has 0 radical (unpaired) electrons. The van der Waals surface area contributed by atoms with Crippen molar-refractivity contribution in [3.05, 3.63) is 204 Å². The average Bonchev–Trinajstić information content (AvgIpc) is 4.11. The van der Waals surface area contributed by atoms with Crippen molar-refractivity contribution in [1.29, 1.82) is 10.5 Å². The van der Waals surface area contributed by atoms with Gasteiger partial charge in [-0.3, -0.25) is 0 Å². The highest BCUT2D eigenvalue weighted by molar-refractivity contribution is 6.32. The van der Waals surface area contributed by atoms with Crippen molar-refractivity contribution < 1.29 is 0 Å². The maximum absolute atomic E-state index is 9.75. The lowest BCUT2D eigenvalue weighted by atomic mass is 10.0. The Morgan fingerprint density at radius 2 is 0.721 bits per heavy atom. The van der Waals surface area contributed by atoms with Gasteiger partial charge in [-0.05, 0) is 132 Å². The van der Waals surface area contributed by atoms with Gasteiger partial charge in [0.15, 0.2) is 0 Å². The molecule has 4 aromatic heterocycles. The van der Waals surface area contributed by atoms with Crippen molar-refractivity contribution in [2.75, 3.05) is 9.80 Å². The van der Waals surface area contributed by atoms with E-state index >= 15 is 0 Å². The van der Waals surface area contributed by atoms with E-state index in [1.165, 1.54) is 76.3 Å². The van der Waals surface area contributed by atoms with Gasteiger partial charge < -0.3 is 18.6 Å². The summed E-state index contributed by atoms with van der Waals surface area (Å²) in [5.74, 6) is 0.827. The van der Waals surface area contributed by atoms with Crippen LogP contribution in [-0.4, -0.2) is 8.80 Å². The third-order valence-electron chi connectivity index (χ3n) is 14.4. The summed E-state index contributed by atoms with van der Waals surface area (Å²) in [6.45, 7) is 8.91. The SMILES string of the molecule is CC(C)c1ccc(N(c2ccc(C#N)cc2)c2ccc3c4cc5c(cc4n4c6ccccc6c2c34)c2ccc(N(c3ccc(C#N)cc3)c3ccc(C(C)C)cc3)c3c4ccccc4n5c23)cc1. The van der Waals surface area contributed by atoms with E-state index in [1.54, 1.807) is 0 Å². The molecule has 0 saturated heterocycles. The minimum atomic E-state index is 0.413. The van der Waals surface area contributed by atoms with Gasteiger partial charge in [0.05, 0.1) is 67.7 Å². The van der Waals surface area contributed by atoms with E-state index in [9.17, 15) is 10.5 Å². The molecule has 0 bridgehead atoms. The predicted octanol–water partition coefficient (Wildman–Crippen LogP) is 16.9. The normalized spacial score (nSPS) is 12.1. The third kappa shape index (κ3) is 5.62. The Labute approximate surface area is 393 Å². The summed E-state index contributed by atoms with van der Waals surface area (Å²) in [4.78, 5) is 4.70. The quantitative estimate of drug-likeness (QED) is 0.153. The smallest absolute Gasteiger partial charge is 0.0991 e. The number of nitriles is 2. The van der Waals surface area contributed by atoms with Gasteiger partial charge in [0.2, 0.25) is 0 Å². The summed E-state index contributed by atoms with van der Waals surface area (Å²) < 4.78 is 4.98. The summed E-state index contributed by atoms with van der Waals surface area (Å²) in [6.07, 6.45) is 0. The van der Waals surface area contributed by atoms with Crippen molar-refractivity contribution in [3.63, 3.8) is 0 Å². The molecular weight excluding hydrogens is 829 g/mol. The molecule has 0 aliphatic carbocycles. The van der Waals surface area contributed by atoms with Gasteiger partial charge in [-0.1, -0.05) is 100 Å². The van der Waals surface area contributed by atoms with Crippen LogP contribution in [-0.2, 0) is 0 Å². The number of nitrogens with zero attached hydrogens (tertiary/aromatic N) is 6. The highest BCUT2D eigenvalue weighted by Crippen LogP contribution is 2.51. The number of benzene rings is 9. The van der Waals surface area contributed by atoms with Gasteiger partial charge >= 0.3 is 0 Å². The minimum Gasteiger partial charge on any atom is -0.310 e. The van der Waals surface area contributed by atoms with Crippen LogP contribution in [0.1, 0.15) is 61.8 Å². The number of anilines is 6. The monoisotopic (exact) mass is 872 g/mol. The van der Waals surface area contributed by atoms with Crippen molar-refractivity contribution in [1.82, 2.24) is 8.80 Å². The van der Waals surface area contributed by atoms with Crippen LogP contribution in [0.5, 0.6) is 0 Å². The van der Waals surface area contributed by atoms with E-state index in [0.717, 1.165) is 45.2 Å². The van der Waals surface area contributed by atoms with Crippen LogP contribution < -0.4 is 9.80 Å². The second-order valence-electron chi connectivity index (χ2n) is 18.8. The molecular formula is C62H44N6. The molecule has 6 heteroatoms. The molecule has 13 aromatic rings. The van der Waals surface area contributed by atoms with Gasteiger partial charge in [0, 0.05) is 65.8 Å². The van der Waals surface area contributed by atoms with E-state index in [1.807, 2.05) is 24.3 Å². The summed E-state index contributed by atoms with van der Waals surface area (Å²) in [6, 6.07) is 70.0. The van der Waals surface area contributed by atoms with Crippen LogP contribution in [0.15, 0.2) is 182 Å². The highest BCUT2D eigenvalue weighted by atomic mass is 15.2. The lowest BCUT2D eigenvalue weighted by Gasteiger charge is -2.27. The molecule has 6 nitrogen and oxygen atoms in total. The molecule has 4 heterocycles. The second-order valence-corrected chi connectivity index (χ2v) is 18.8. The van der Waals surface area contributed by atoms with E-state index in [4.69, 9.17) is 0 Å². The Morgan fingerprint density at radius 1 is 0.368 bits per heavy atom. The zero-order chi connectivity index (χ0) is 45.9. The van der Waals surface area contributed by atoms with Crippen molar-refractivity contribution in [3.8, 4) is 12.1 Å². The molecule has 322 valence electrons. The van der Waals surface area contributed by atoms with Crippen molar-refractivity contribution in [2.24, 2.45) is 0 Å². The van der Waals surface area contributed by atoms with Crippen LogP contribution in [0.3, 0.4) is 0 Å². The first-order chi connectivity index (χ1) is 33.3. The van der Waals surface area contributed by atoms with E-state index in [-0.39, 0.29) is 0 Å². The maximum atomic E-state index is 9.75. The van der Waals surface area contributed by atoms with Crippen LogP contribution in [0.2, 0.25) is 0 Å². The van der Waals surface area contributed by atoms with E-state index in [2.05, 4.69) is 216 Å². The fraction of sp³-hybridized carbons (Fsp3) is 0.0968. The first-order valence-electron chi connectivity index (χ1n) is 23.4. The van der Waals surface area contributed by atoms with Gasteiger partial charge in [0.1, 0.15) is 0 Å². The molecule has 0 aliphatic heterocycles. The molecule has 9 aromatic carbocycles. The van der Waals surface area contributed by atoms with Crippen LogP contribution in [0.25, 0.3) is 76.2 Å². The summed E-state index contributed by atoms with van der Waals surface area (Å²) in [5.41, 5.74) is 17.2. The third-order valence-corrected chi connectivity index (χ3v) is 14.4. The number of hydrogen-bond donors (Lipinski definition) is 0. The average molecular weight is 873 g/mol. The molecule has 0 atom stereocenters. The summed E-state index contributed by atoms with van der Waals surface area (Å²) in [7, 11) is 0. The molecule has 0 amide bonds. The highest BCUT2D eigenvalue weighted by Gasteiger charge is 2.28. The van der Waals surface area contributed by atoms with Gasteiger partial charge in [-0.15, -0.1) is 0 Å². The number of hydrogen-bond acceptors (Lipinski definition) is 4. The molecule has 68 heavy (non-hydrogen) atoms. The topological polar surface area (TPSA) is 62.9 Å². The molecule has 0 fully saturated rings. The Hall–Kier alpha value is -8.84. The molecule has 0 aliphatic rings. The standard InChI is InChI=1S/C62H44N6/c1-37(2)41-17-25-45(26-18-41)65(43-21-13-39(35-63)14-22-43)55-31-29-47-51-33-58-52(34-57(51)67-53-11-7-5-9-49(53)59(55)61(47)67)48-30-32-56(60-50-10-6-8-12-54(50)68(58)62(48)60)66(44-23-15-40(36-64)16-24-44)46-27-19-42(20-28-46)38(3)4/h5-34,37-38H,1-4H3. The fourth-order valence-electron chi connectivity index (χ4n) is 11.1. The summed E-state index contributed by atoms with van der Waals surface area (Å²) in [5, 5.41) is 29.1. The molecule has 0 saturated carbocycles. The van der Waals surface area contributed by atoms with Gasteiger partial charge in [0.25, 0.3) is 0 Å². The number of para-hydroxylation sites is 2.